The fourth-order valence-electron chi connectivity index (χ4n) is 2.94. The number of ether oxygens (including phenoxy) is 4. The molecule has 0 aliphatic rings. The highest BCUT2D eigenvalue weighted by atomic mass is 16.5. The maximum absolute atomic E-state index is 12.6. The summed E-state index contributed by atoms with van der Waals surface area (Å²) in [7, 11) is 1.58. The molecule has 166 valence electrons. The molecule has 0 spiro atoms. The summed E-state index contributed by atoms with van der Waals surface area (Å²) in [6.45, 7) is 5.17. The minimum Gasteiger partial charge on any atom is -0.493 e. The molecule has 1 amide bonds. The van der Waals surface area contributed by atoms with Gasteiger partial charge in [-0.3, -0.25) is 4.79 Å². The van der Waals surface area contributed by atoms with Crippen LogP contribution in [0.15, 0.2) is 42.5 Å². The van der Waals surface area contributed by atoms with Gasteiger partial charge in [0.2, 0.25) is 0 Å². The van der Waals surface area contributed by atoms with Gasteiger partial charge in [-0.2, -0.15) is 0 Å². The Kier molecular flexibility index (Phi) is 10.3. The van der Waals surface area contributed by atoms with Crippen molar-refractivity contribution in [3.05, 3.63) is 53.6 Å². The molecule has 0 aliphatic heterocycles. The second-order valence-corrected chi connectivity index (χ2v) is 6.77. The molecule has 1 atom stereocenters. The van der Waals surface area contributed by atoms with E-state index in [-0.39, 0.29) is 19.1 Å². The predicted octanol–water partition coefficient (Wildman–Crippen LogP) is 3.41. The number of nitrogens with one attached hydrogen (secondary N) is 1. The lowest BCUT2D eigenvalue weighted by Crippen LogP contribution is -2.41. The molecule has 2 aromatic carbocycles. The number of methoxy groups -OCH3 is 1. The van der Waals surface area contributed by atoms with E-state index >= 15 is 0 Å². The molecule has 1 N–H and O–H groups in total. The van der Waals surface area contributed by atoms with Crippen LogP contribution in [-0.4, -0.2) is 45.5 Å². The highest BCUT2D eigenvalue weighted by Gasteiger charge is 2.19. The lowest BCUT2D eigenvalue weighted by atomic mass is 10.1. The third-order valence-electron chi connectivity index (χ3n) is 4.65. The Morgan fingerprint density at radius 3 is 2.45 bits per heavy atom. The van der Waals surface area contributed by atoms with Crippen LogP contribution in [0.4, 0.5) is 0 Å². The lowest BCUT2D eigenvalue weighted by Gasteiger charge is -2.18. The standard InChI is InChI=1S/C25H31NO5/c1-5-16-30-22-13-10-20(17-23(22)28-4)14-15-26-25(27)24(29-7-3)18-31-21-11-8-19(6-2)9-12-21/h1,8-13,17,24H,6-7,14-16,18H2,2-4H3,(H,26,27)/t24-/m0/s1. The lowest BCUT2D eigenvalue weighted by molar-refractivity contribution is -0.134. The van der Waals surface area contributed by atoms with Crippen LogP contribution in [-0.2, 0) is 22.4 Å². The van der Waals surface area contributed by atoms with Gasteiger partial charge in [0.25, 0.3) is 5.91 Å². The maximum Gasteiger partial charge on any atom is 0.252 e. The summed E-state index contributed by atoms with van der Waals surface area (Å²) in [6.07, 6.45) is 6.16. The van der Waals surface area contributed by atoms with Crippen molar-refractivity contribution in [2.24, 2.45) is 0 Å². The molecule has 0 saturated carbocycles. The molecule has 0 aromatic heterocycles. The molecular weight excluding hydrogens is 394 g/mol. The Morgan fingerprint density at radius 2 is 1.81 bits per heavy atom. The topological polar surface area (TPSA) is 66.0 Å². The highest BCUT2D eigenvalue weighted by molar-refractivity contribution is 5.81. The predicted molar refractivity (Wildman–Crippen MR) is 121 cm³/mol. The third-order valence-corrected chi connectivity index (χ3v) is 4.65. The number of rotatable bonds is 13. The summed E-state index contributed by atoms with van der Waals surface area (Å²) in [6, 6.07) is 13.5. The number of hydrogen-bond acceptors (Lipinski definition) is 5. The van der Waals surface area contributed by atoms with Gasteiger partial charge in [0.1, 0.15) is 19.0 Å². The monoisotopic (exact) mass is 425 g/mol. The summed E-state index contributed by atoms with van der Waals surface area (Å²) in [5.41, 5.74) is 2.24. The minimum absolute atomic E-state index is 0.153. The summed E-state index contributed by atoms with van der Waals surface area (Å²) < 4.78 is 22.1. The number of hydrogen-bond donors (Lipinski definition) is 1. The minimum atomic E-state index is -0.676. The van der Waals surface area contributed by atoms with E-state index < -0.39 is 6.10 Å². The van der Waals surface area contributed by atoms with Gasteiger partial charge in [0.05, 0.1) is 7.11 Å². The first-order valence-electron chi connectivity index (χ1n) is 10.4. The largest absolute Gasteiger partial charge is 0.493 e. The fraction of sp³-hybridized carbons (Fsp3) is 0.400. The quantitative estimate of drug-likeness (QED) is 0.498. The average Bonchev–Trinajstić information content (AvgIpc) is 2.80. The van der Waals surface area contributed by atoms with Crippen LogP contribution < -0.4 is 19.5 Å². The number of benzene rings is 2. The summed E-state index contributed by atoms with van der Waals surface area (Å²) in [5, 5.41) is 2.91. The molecule has 6 nitrogen and oxygen atoms in total. The van der Waals surface area contributed by atoms with Crippen molar-refractivity contribution >= 4 is 5.91 Å². The molecule has 2 aromatic rings. The number of terminal acetylenes is 1. The van der Waals surface area contributed by atoms with Crippen LogP contribution in [0.5, 0.6) is 17.2 Å². The molecule has 0 bridgehead atoms. The second-order valence-electron chi connectivity index (χ2n) is 6.77. The van der Waals surface area contributed by atoms with E-state index in [1.807, 2.05) is 49.4 Å². The molecule has 0 unspecified atom stereocenters. The molecule has 31 heavy (non-hydrogen) atoms. The Bertz CT molecular complexity index is 857. The Hall–Kier alpha value is -3.17. The van der Waals surface area contributed by atoms with Gasteiger partial charge in [-0.25, -0.2) is 0 Å². The van der Waals surface area contributed by atoms with E-state index in [0.717, 1.165) is 12.0 Å². The molecule has 0 heterocycles. The van der Waals surface area contributed by atoms with Crippen LogP contribution in [0.2, 0.25) is 0 Å². The van der Waals surface area contributed by atoms with Crippen LogP contribution >= 0.6 is 0 Å². The zero-order valence-electron chi connectivity index (χ0n) is 18.5. The fourth-order valence-corrected chi connectivity index (χ4v) is 2.94. The van der Waals surface area contributed by atoms with Crippen LogP contribution in [0.3, 0.4) is 0 Å². The van der Waals surface area contributed by atoms with Gasteiger partial charge in [0, 0.05) is 13.2 Å². The van der Waals surface area contributed by atoms with Gasteiger partial charge in [-0.15, -0.1) is 6.42 Å². The van der Waals surface area contributed by atoms with E-state index in [2.05, 4.69) is 18.2 Å². The van der Waals surface area contributed by atoms with Gasteiger partial charge in [-0.1, -0.05) is 31.0 Å². The first kappa shape index (κ1) is 24.1. The Morgan fingerprint density at radius 1 is 1.06 bits per heavy atom. The number of carbonyl (C=O) groups excluding carboxylic acids is 1. The van der Waals surface area contributed by atoms with Crippen molar-refractivity contribution in [1.82, 2.24) is 5.32 Å². The first-order chi connectivity index (χ1) is 15.1. The summed E-state index contributed by atoms with van der Waals surface area (Å²) in [4.78, 5) is 12.6. The second kappa shape index (κ2) is 13.2. The van der Waals surface area contributed by atoms with Crippen molar-refractivity contribution < 1.29 is 23.7 Å². The van der Waals surface area contributed by atoms with Crippen molar-refractivity contribution in [1.29, 1.82) is 0 Å². The van der Waals surface area contributed by atoms with E-state index in [1.54, 1.807) is 7.11 Å². The molecule has 0 aliphatic carbocycles. The Labute approximate surface area is 184 Å². The average molecular weight is 426 g/mol. The first-order valence-corrected chi connectivity index (χ1v) is 10.4. The molecule has 0 radical (unpaired) electrons. The van der Waals surface area contributed by atoms with Gasteiger partial charge in [0.15, 0.2) is 17.6 Å². The molecule has 2 rings (SSSR count). The molecule has 6 heteroatoms. The van der Waals surface area contributed by atoms with E-state index in [0.29, 0.717) is 36.8 Å². The normalized spacial score (nSPS) is 11.3. The van der Waals surface area contributed by atoms with Crippen molar-refractivity contribution in [3.8, 4) is 29.6 Å². The smallest absolute Gasteiger partial charge is 0.252 e. The molecule has 0 fully saturated rings. The third kappa shape index (κ3) is 7.88. The van der Waals surface area contributed by atoms with Gasteiger partial charge in [-0.05, 0) is 55.2 Å². The van der Waals surface area contributed by atoms with Crippen LogP contribution in [0, 0.1) is 12.3 Å². The van der Waals surface area contributed by atoms with Crippen molar-refractivity contribution in [2.45, 2.75) is 32.8 Å². The SMILES string of the molecule is C#CCOc1ccc(CCNC(=O)[C@H](COc2ccc(CC)cc2)OCC)cc1OC. The maximum atomic E-state index is 12.6. The summed E-state index contributed by atoms with van der Waals surface area (Å²) >= 11 is 0. The zero-order valence-corrected chi connectivity index (χ0v) is 18.5. The van der Waals surface area contributed by atoms with Crippen LogP contribution in [0.25, 0.3) is 0 Å². The van der Waals surface area contributed by atoms with Crippen LogP contribution in [0.1, 0.15) is 25.0 Å². The molecule has 0 saturated heterocycles. The number of aryl methyl sites for hydroxylation is 1. The highest BCUT2D eigenvalue weighted by Crippen LogP contribution is 2.28. The summed E-state index contributed by atoms with van der Waals surface area (Å²) in [5.74, 6) is 4.14. The molecular formula is C25H31NO5. The van der Waals surface area contributed by atoms with E-state index in [4.69, 9.17) is 25.4 Å². The van der Waals surface area contributed by atoms with Gasteiger partial charge < -0.3 is 24.3 Å². The zero-order chi connectivity index (χ0) is 22.5. The Balaban J connectivity index is 1.85. The van der Waals surface area contributed by atoms with Gasteiger partial charge >= 0.3 is 0 Å². The van der Waals surface area contributed by atoms with Crippen molar-refractivity contribution in [3.63, 3.8) is 0 Å². The number of amides is 1. The van der Waals surface area contributed by atoms with Crippen molar-refractivity contribution in [2.75, 3.05) is 33.5 Å². The number of carbonyl (C=O) groups is 1. The van der Waals surface area contributed by atoms with E-state index in [9.17, 15) is 4.79 Å². The van der Waals surface area contributed by atoms with E-state index in [1.165, 1.54) is 5.56 Å².